The lowest BCUT2D eigenvalue weighted by Crippen LogP contribution is -2.00. The summed E-state index contributed by atoms with van der Waals surface area (Å²) in [5.74, 6) is 6.40. The van der Waals surface area contributed by atoms with Crippen molar-refractivity contribution in [2.24, 2.45) is 0 Å². The zero-order valence-corrected chi connectivity index (χ0v) is 31.2. The fourth-order valence-electron chi connectivity index (χ4n) is 6.11. The van der Waals surface area contributed by atoms with Crippen molar-refractivity contribution in [3.8, 4) is 102 Å². The van der Waals surface area contributed by atoms with Crippen LogP contribution in [0, 0.1) is 0 Å². The molecule has 10 nitrogen and oxygen atoms in total. The van der Waals surface area contributed by atoms with Crippen molar-refractivity contribution in [2.75, 3.05) is 28.4 Å². The summed E-state index contributed by atoms with van der Waals surface area (Å²) in [4.78, 5) is 29.2. The van der Waals surface area contributed by atoms with Crippen molar-refractivity contribution in [3.63, 3.8) is 0 Å². The summed E-state index contributed by atoms with van der Waals surface area (Å²) in [6.07, 6.45) is 0. The molecule has 0 saturated carbocycles. The van der Waals surface area contributed by atoms with Crippen molar-refractivity contribution in [3.05, 3.63) is 146 Å². The van der Waals surface area contributed by atoms with E-state index in [1.165, 1.54) is 0 Å². The van der Waals surface area contributed by atoms with Gasteiger partial charge in [0.2, 0.25) is 0 Å². The van der Waals surface area contributed by atoms with Crippen LogP contribution in [0.2, 0.25) is 0 Å². The predicted octanol–water partition coefficient (Wildman–Crippen LogP) is 9.76. The van der Waals surface area contributed by atoms with E-state index in [0.29, 0.717) is 34.9 Å². The SMILES string of the molecule is COc1ccc(-c2nc(-c3ccc(OC)cc3)nc(-c3ccc(-c4ccc(-c5nc(-c6ccc(OC)cc6)nc(-c6ccc(OC)cc6)n5)cc4)cc3)n2)cc1. The fraction of sp³-hybridized carbons (Fsp3) is 0.0870. The molecular formula is C46H36N6O4. The van der Waals surface area contributed by atoms with Crippen LogP contribution in [0.25, 0.3) is 79.5 Å². The number of hydrogen-bond acceptors (Lipinski definition) is 10. The lowest BCUT2D eigenvalue weighted by molar-refractivity contribution is 0.414. The zero-order chi connectivity index (χ0) is 38.4. The minimum Gasteiger partial charge on any atom is -0.497 e. The minimum atomic E-state index is 0.562. The Morgan fingerprint density at radius 1 is 0.214 bits per heavy atom. The molecule has 0 N–H and O–H groups in total. The van der Waals surface area contributed by atoms with Gasteiger partial charge in [-0.1, -0.05) is 48.5 Å². The molecule has 10 heteroatoms. The average molecular weight is 737 g/mol. The van der Waals surface area contributed by atoms with Crippen molar-refractivity contribution in [2.45, 2.75) is 0 Å². The molecule has 274 valence electrons. The number of ether oxygens (including phenoxy) is 4. The van der Waals surface area contributed by atoms with Gasteiger partial charge in [-0.3, -0.25) is 0 Å². The quantitative estimate of drug-likeness (QED) is 0.127. The maximum atomic E-state index is 5.36. The first-order valence-corrected chi connectivity index (χ1v) is 17.8. The minimum absolute atomic E-state index is 0.562. The summed E-state index contributed by atoms with van der Waals surface area (Å²) in [5, 5.41) is 0. The number of rotatable bonds is 11. The van der Waals surface area contributed by atoms with Crippen LogP contribution < -0.4 is 18.9 Å². The third-order valence-corrected chi connectivity index (χ3v) is 9.28. The van der Waals surface area contributed by atoms with E-state index in [0.717, 1.165) is 67.5 Å². The molecule has 0 bridgehead atoms. The Hall–Kier alpha value is -7.46. The number of nitrogens with zero attached hydrogens (tertiary/aromatic N) is 6. The summed E-state index contributed by atoms with van der Waals surface area (Å²) in [6.45, 7) is 0. The molecule has 0 spiro atoms. The number of hydrogen-bond donors (Lipinski definition) is 0. The smallest absolute Gasteiger partial charge is 0.164 e. The van der Waals surface area contributed by atoms with Crippen LogP contribution >= 0.6 is 0 Å². The van der Waals surface area contributed by atoms with E-state index < -0.39 is 0 Å². The predicted molar refractivity (Wildman–Crippen MR) is 217 cm³/mol. The molecule has 0 amide bonds. The van der Waals surface area contributed by atoms with E-state index >= 15 is 0 Å². The Bertz CT molecular complexity index is 2260. The van der Waals surface area contributed by atoms with Gasteiger partial charge in [0, 0.05) is 33.4 Å². The van der Waals surface area contributed by atoms with Gasteiger partial charge in [0.25, 0.3) is 0 Å². The first-order chi connectivity index (χ1) is 27.5. The van der Waals surface area contributed by atoms with Crippen molar-refractivity contribution in [1.29, 1.82) is 0 Å². The van der Waals surface area contributed by atoms with Gasteiger partial charge in [-0.2, -0.15) is 0 Å². The molecule has 0 saturated heterocycles. The average Bonchev–Trinajstić information content (AvgIpc) is 3.29. The van der Waals surface area contributed by atoms with Gasteiger partial charge in [-0.15, -0.1) is 0 Å². The van der Waals surface area contributed by atoms with E-state index in [9.17, 15) is 0 Å². The standard InChI is InChI=1S/C46H36N6O4/c1-53-37-21-13-33(14-22-37)43-47-41(48-44(51-43)34-15-23-38(54-2)24-16-34)31-9-5-29(6-10-31)30-7-11-32(12-8-30)42-49-45(35-17-25-39(55-3)26-18-35)52-46(50-42)36-19-27-40(56-4)28-20-36/h5-28H,1-4H3. The zero-order valence-electron chi connectivity index (χ0n) is 31.2. The summed E-state index contributed by atoms with van der Waals surface area (Å²) in [7, 11) is 6.57. The highest BCUT2D eigenvalue weighted by Gasteiger charge is 2.15. The maximum Gasteiger partial charge on any atom is 0.164 e. The molecule has 8 rings (SSSR count). The van der Waals surface area contributed by atoms with Gasteiger partial charge in [0.15, 0.2) is 34.9 Å². The molecular weight excluding hydrogens is 701 g/mol. The monoisotopic (exact) mass is 736 g/mol. The Labute approximate surface area is 324 Å². The van der Waals surface area contributed by atoms with Crippen LogP contribution in [0.15, 0.2) is 146 Å². The Morgan fingerprint density at radius 3 is 0.518 bits per heavy atom. The van der Waals surface area contributed by atoms with Crippen LogP contribution in [0.3, 0.4) is 0 Å². The second kappa shape index (κ2) is 15.9. The van der Waals surface area contributed by atoms with E-state index in [-0.39, 0.29) is 0 Å². The van der Waals surface area contributed by atoms with Crippen LogP contribution in [-0.4, -0.2) is 58.3 Å². The van der Waals surface area contributed by atoms with Gasteiger partial charge in [-0.05, 0) is 108 Å². The van der Waals surface area contributed by atoms with E-state index in [1.807, 2.05) is 121 Å². The van der Waals surface area contributed by atoms with Gasteiger partial charge in [-0.25, -0.2) is 29.9 Å². The number of aromatic nitrogens is 6. The van der Waals surface area contributed by atoms with Crippen molar-refractivity contribution in [1.82, 2.24) is 29.9 Å². The summed E-state index contributed by atoms with van der Waals surface area (Å²) in [5.41, 5.74) is 7.21. The largest absolute Gasteiger partial charge is 0.497 e. The van der Waals surface area contributed by atoms with Gasteiger partial charge >= 0.3 is 0 Å². The molecule has 0 radical (unpaired) electrons. The lowest BCUT2D eigenvalue weighted by Gasteiger charge is -2.11. The van der Waals surface area contributed by atoms with Crippen molar-refractivity contribution < 1.29 is 18.9 Å². The van der Waals surface area contributed by atoms with Crippen LogP contribution in [-0.2, 0) is 0 Å². The fourth-order valence-corrected chi connectivity index (χ4v) is 6.11. The van der Waals surface area contributed by atoms with E-state index in [4.69, 9.17) is 48.9 Å². The second-order valence-electron chi connectivity index (χ2n) is 12.7. The maximum absolute atomic E-state index is 5.36. The highest BCUT2D eigenvalue weighted by molar-refractivity contribution is 5.73. The molecule has 0 atom stereocenters. The molecule has 2 aromatic heterocycles. The molecule has 8 aromatic rings. The third kappa shape index (κ3) is 7.62. The topological polar surface area (TPSA) is 114 Å². The van der Waals surface area contributed by atoms with Crippen molar-refractivity contribution >= 4 is 0 Å². The normalized spacial score (nSPS) is 10.9. The van der Waals surface area contributed by atoms with E-state index in [2.05, 4.69) is 24.3 Å². The highest BCUT2D eigenvalue weighted by atomic mass is 16.5. The number of benzene rings is 6. The lowest BCUT2D eigenvalue weighted by atomic mass is 10.0. The molecule has 2 heterocycles. The molecule has 0 aliphatic carbocycles. The van der Waals surface area contributed by atoms with E-state index in [1.54, 1.807) is 28.4 Å². The molecule has 56 heavy (non-hydrogen) atoms. The van der Waals surface area contributed by atoms with Gasteiger partial charge < -0.3 is 18.9 Å². The second-order valence-corrected chi connectivity index (χ2v) is 12.7. The summed E-state index contributed by atoms with van der Waals surface area (Å²) >= 11 is 0. The van der Waals surface area contributed by atoms with Gasteiger partial charge in [0.05, 0.1) is 28.4 Å². The van der Waals surface area contributed by atoms with Crippen LogP contribution in [0.1, 0.15) is 0 Å². The molecule has 0 fully saturated rings. The van der Waals surface area contributed by atoms with Crippen LogP contribution in [0.4, 0.5) is 0 Å². The summed E-state index contributed by atoms with van der Waals surface area (Å²) in [6, 6.07) is 47.1. The highest BCUT2D eigenvalue weighted by Crippen LogP contribution is 2.31. The Kier molecular flexibility index (Phi) is 10.1. The first kappa shape index (κ1) is 35.6. The molecule has 0 unspecified atom stereocenters. The Morgan fingerprint density at radius 2 is 0.357 bits per heavy atom. The third-order valence-electron chi connectivity index (χ3n) is 9.28. The molecule has 0 aliphatic rings. The van der Waals surface area contributed by atoms with Gasteiger partial charge in [0.1, 0.15) is 23.0 Å². The summed E-state index contributed by atoms with van der Waals surface area (Å²) < 4.78 is 21.5. The number of methoxy groups -OCH3 is 4. The molecule has 0 aliphatic heterocycles. The van der Waals surface area contributed by atoms with Crippen LogP contribution in [0.5, 0.6) is 23.0 Å². The molecule has 6 aromatic carbocycles. The Balaban J connectivity index is 1.11. The first-order valence-electron chi connectivity index (χ1n) is 17.8.